The average molecular weight is 323 g/mol. The molecule has 2 rings (SSSR count). The minimum atomic E-state index is 0.307. The Bertz CT molecular complexity index is 515. The molecule has 2 unspecified atom stereocenters. The van der Waals surface area contributed by atoms with Gasteiger partial charge in [0.1, 0.15) is 0 Å². The quantitative estimate of drug-likeness (QED) is 0.662. The predicted octanol–water partition coefficient (Wildman–Crippen LogP) is 3.04. The molecule has 0 aliphatic carbocycles. The second kappa shape index (κ2) is 7.84. The lowest BCUT2D eigenvalue weighted by atomic mass is 9.85. The molecule has 1 aliphatic rings. The van der Waals surface area contributed by atoms with Crippen LogP contribution in [0.1, 0.15) is 38.3 Å². The molecule has 0 bridgehead atoms. The molecule has 0 saturated carbocycles. The van der Waals surface area contributed by atoms with E-state index in [4.69, 9.17) is 17.3 Å². The summed E-state index contributed by atoms with van der Waals surface area (Å²) >= 11 is 6.17. The van der Waals surface area contributed by atoms with E-state index in [2.05, 4.69) is 48.2 Å². The van der Waals surface area contributed by atoms with Crippen molar-refractivity contribution in [1.29, 1.82) is 0 Å². The Hall–Kier alpha value is -1.26. The van der Waals surface area contributed by atoms with Crippen LogP contribution in [0.4, 0.5) is 0 Å². The third-order valence-corrected chi connectivity index (χ3v) is 4.37. The summed E-state index contributed by atoms with van der Waals surface area (Å²) in [7, 11) is 2.18. The minimum Gasteiger partial charge on any atom is -0.370 e. The van der Waals surface area contributed by atoms with Gasteiger partial charge in [-0.1, -0.05) is 23.7 Å². The van der Waals surface area contributed by atoms with Crippen molar-refractivity contribution >= 4 is 17.6 Å². The van der Waals surface area contributed by atoms with E-state index >= 15 is 0 Å². The third kappa shape index (κ3) is 4.62. The first-order chi connectivity index (χ1) is 10.5. The lowest BCUT2D eigenvalue weighted by Gasteiger charge is -2.39. The summed E-state index contributed by atoms with van der Waals surface area (Å²) in [6.45, 7) is 5.97. The van der Waals surface area contributed by atoms with Crippen molar-refractivity contribution in [2.75, 3.05) is 20.1 Å². The first-order valence-corrected chi connectivity index (χ1v) is 8.37. The number of guanidine groups is 1. The van der Waals surface area contributed by atoms with Gasteiger partial charge in [-0.3, -0.25) is 9.89 Å². The van der Waals surface area contributed by atoms with Crippen LogP contribution in [0.5, 0.6) is 0 Å². The van der Waals surface area contributed by atoms with Gasteiger partial charge in [-0.25, -0.2) is 0 Å². The van der Waals surface area contributed by atoms with Crippen molar-refractivity contribution in [3.05, 3.63) is 34.9 Å². The number of rotatable bonds is 4. The van der Waals surface area contributed by atoms with E-state index in [0.29, 0.717) is 24.0 Å². The van der Waals surface area contributed by atoms with Gasteiger partial charge in [-0.2, -0.15) is 0 Å². The van der Waals surface area contributed by atoms with E-state index in [0.717, 1.165) is 18.1 Å². The molecule has 1 saturated heterocycles. The molecule has 0 radical (unpaired) electrons. The normalized spacial score (nSPS) is 23.8. The minimum absolute atomic E-state index is 0.307. The van der Waals surface area contributed by atoms with Crippen LogP contribution in [0, 0.1) is 5.92 Å². The number of halogens is 1. The topological polar surface area (TPSA) is 53.6 Å². The van der Waals surface area contributed by atoms with E-state index < -0.39 is 0 Å². The molecule has 1 aromatic carbocycles. The van der Waals surface area contributed by atoms with Gasteiger partial charge in [-0.05, 0) is 63.9 Å². The van der Waals surface area contributed by atoms with Crippen LogP contribution in [-0.4, -0.2) is 37.0 Å². The lowest BCUT2D eigenvalue weighted by molar-refractivity contribution is 0.125. The predicted molar refractivity (Wildman–Crippen MR) is 94.3 cm³/mol. The van der Waals surface area contributed by atoms with E-state index in [1.54, 1.807) is 0 Å². The largest absolute Gasteiger partial charge is 0.370 e. The zero-order valence-electron chi connectivity index (χ0n) is 13.7. The fraction of sp³-hybridized carbons (Fsp3) is 0.588. The summed E-state index contributed by atoms with van der Waals surface area (Å²) in [5.41, 5.74) is 7.21. The highest BCUT2D eigenvalue weighted by Crippen LogP contribution is 2.36. The third-order valence-electron chi connectivity index (χ3n) is 4.13. The number of nitrogens with zero attached hydrogens (tertiary/aromatic N) is 2. The first kappa shape index (κ1) is 17.1. The molecule has 4 nitrogen and oxygen atoms in total. The van der Waals surface area contributed by atoms with Crippen molar-refractivity contribution in [3.8, 4) is 0 Å². The average Bonchev–Trinajstić information content (AvgIpc) is 2.44. The number of benzene rings is 1. The fourth-order valence-corrected chi connectivity index (χ4v) is 3.42. The van der Waals surface area contributed by atoms with Crippen LogP contribution in [0.15, 0.2) is 29.3 Å². The van der Waals surface area contributed by atoms with Gasteiger partial charge in [0.2, 0.25) is 0 Å². The molecule has 0 spiro atoms. The zero-order chi connectivity index (χ0) is 16.1. The Labute approximate surface area is 138 Å². The Morgan fingerprint density at radius 3 is 2.95 bits per heavy atom. The number of hydrogen-bond acceptors (Lipinski definition) is 2. The second-order valence-electron chi connectivity index (χ2n) is 6.41. The van der Waals surface area contributed by atoms with Crippen LogP contribution in [-0.2, 0) is 0 Å². The smallest absolute Gasteiger partial charge is 0.188 e. The first-order valence-electron chi connectivity index (χ1n) is 7.99. The van der Waals surface area contributed by atoms with Gasteiger partial charge in [-0.15, -0.1) is 0 Å². The summed E-state index contributed by atoms with van der Waals surface area (Å²) in [5.74, 6) is 0.998. The molecular weight excluding hydrogens is 296 g/mol. The van der Waals surface area contributed by atoms with Gasteiger partial charge >= 0.3 is 0 Å². The number of nitrogens with two attached hydrogens (primary N) is 1. The van der Waals surface area contributed by atoms with Crippen LogP contribution in [0.2, 0.25) is 5.02 Å². The molecule has 0 aromatic heterocycles. The number of nitrogens with one attached hydrogen (secondary N) is 1. The number of piperidine rings is 1. The van der Waals surface area contributed by atoms with Crippen molar-refractivity contribution in [3.63, 3.8) is 0 Å². The molecular formula is C17H27ClN4. The van der Waals surface area contributed by atoms with Gasteiger partial charge in [0.25, 0.3) is 0 Å². The molecule has 1 aromatic rings. The van der Waals surface area contributed by atoms with Crippen molar-refractivity contribution in [1.82, 2.24) is 10.2 Å². The molecule has 22 heavy (non-hydrogen) atoms. The molecule has 0 amide bonds. The summed E-state index contributed by atoms with van der Waals surface area (Å²) in [4.78, 5) is 6.95. The maximum absolute atomic E-state index is 6.17. The standard InChI is InChI=1S/C17H27ClN4/c1-12(2)21-17(19)20-11-14-7-5-9-22(3)16(14)13-6-4-8-15(18)10-13/h4,6,8,10,12,14,16H,5,7,9,11H2,1-3H3,(H3,19,20,21). The highest BCUT2D eigenvalue weighted by atomic mass is 35.5. The maximum Gasteiger partial charge on any atom is 0.188 e. The highest BCUT2D eigenvalue weighted by molar-refractivity contribution is 6.30. The molecule has 122 valence electrons. The molecule has 2 atom stereocenters. The summed E-state index contributed by atoms with van der Waals surface area (Å²) in [5, 5.41) is 3.94. The molecule has 1 heterocycles. The molecule has 3 N–H and O–H groups in total. The van der Waals surface area contributed by atoms with Crippen molar-refractivity contribution in [2.24, 2.45) is 16.6 Å². The highest BCUT2D eigenvalue weighted by Gasteiger charge is 2.30. The second-order valence-corrected chi connectivity index (χ2v) is 6.84. The summed E-state index contributed by atoms with van der Waals surface area (Å²) < 4.78 is 0. The van der Waals surface area contributed by atoms with Crippen molar-refractivity contribution < 1.29 is 0 Å². The number of aliphatic imine (C=N–C) groups is 1. The number of likely N-dealkylation sites (tertiary alicyclic amines) is 1. The number of hydrogen-bond donors (Lipinski definition) is 2. The SMILES string of the molecule is CC(C)NC(N)=NCC1CCCN(C)C1c1cccc(Cl)c1. The van der Waals surface area contributed by atoms with E-state index in [9.17, 15) is 0 Å². The summed E-state index contributed by atoms with van der Waals surface area (Å²) in [6, 6.07) is 8.83. The van der Waals surface area contributed by atoms with E-state index in [1.165, 1.54) is 18.4 Å². The van der Waals surface area contributed by atoms with Gasteiger partial charge in [0.15, 0.2) is 5.96 Å². The molecule has 1 fully saturated rings. The Morgan fingerprint density at radius 1 is 1.50 bits per heavy atom. The van der Waals surface area contributed by atoms with Crippen LogP contribution in [0.3, 0.4) is 0 Å². The van der Waals surface area contributed by atoms with Crippen LogP contribution < -0.4 is 11.1 Å². The summed E-state index contributed by atoms with van der Waals surface area (Å²) in [6.07, 6.45) is 2.37. The van der Waals surface area contributed by atoms with Crippen molar-refractivity contribution in [2.45, 2.75) is 38.8 Å². The van der Waals surface area contributed by atoms with E-state index in [-0.39, 0.29) is 0 Å². The van der Waals surface area contributed by atoms with E-state index in [1.807, 2.05) is 12.1 Å². The van der Waals surface area contributed by atoms with Gasteiger partial charge in [0.05, 0.1) is 0 Å². The lowest BCUT2D eigenvalue weighted by Crippen LogP contribution is -2.40. The Morgan fingerprint density at radius 2 is 2.27 bits per heavy atom. The zero-order valence-corrected chi connectivity index (χ0v) is 14.5. The maximum atomic E-state index is 6.17. The Balaban J connectivity index is 2.13. The Kier molecular flexibility index (Phi) is 6.09. The molecule has 5 heteroatoms. The molecule has 1 aliphatic heterocycles. The fourth-order valence-electron chi connectivity index (χ4n) is 3.23. The van der Waals surface area contributed by atoms with Crippen LogP contribution in [0.25, 0.3) is 0 Å². The van der Waals surface area contributed by atoms with Crippen LogP contribution >= 0.6 is 11.6 Å². The van der Waals surface area contributed by atoms with Gasteiger partial charge in [0, 0.05) is 23.7 Å². The monoisotopic (exact) mass is 322 g/mol. The van der Waals surface area contributed by atoms with Gasteiger partial charge < -0.3 is 11.1 Å².